The highest BCUT2D eigenvalue weighted by Crippen LogP contribution is 2.35. The maximum absolute atomic E-state index is 11.9. The Balaban J connectivity index is 2.47. The van der Waals surface area contributed by atoms with Gasteiger partial charge < -0.3 is 4.74 Å². The molecule has 0 N–H and O–H groups in total. The van der Waals surface area contributed by atoms with Gasteiger partial charge >= 0.3 is 0 Å². The van der Waals surface area contributed by atoms with Gasteiger partial charge in [0.2, 0.25) is 0 Å². The summed E-state index contributed by atoms with van der Waals surface area (Å²) in [5.41, 5.74) is -0.381. The molecule has 0 amide bonds. The molecular formula is C11H20O2. The monoisotopic (exact) mass is 184 g/mol. The summed E-state index contributed by atoms with van der Waals surface area (Å²) >= 11 is 0. The van der Waals surface area contributed by atoms with E-state index in [2.05, 4.69) is 13.8 Å². The number of carbonyl (C=O) groups excluding carboxylic acids is 1. The number of rotatable bonds is 5. The minimum absolute atomic E-state index is 0.155. The largest absolute Gasteiger partial charge is 0.361 e. The van der Waals surface area contributed by atoms with Crippen molar-refractivity contribution in [2.45, 2.75) is 46.1 Å². The van der Waals surface area contributed by atoms with Crippen LogP contribution in [-0.4, -0.2) is 18.0 Å². The van der Waals surface area contributed by atoms with Gasteiger partial charge in [0.25, 0.3) is 0 Å². The Labute approximate surface area is 80.7 Å². The summed E-state index contributed by atoms with van der Waals surface area (Å²) in [6.07, 6.45) is 1.80. The van der Waals surface area contributed by atoms with E-state index in [1.54, 1.807) is 0 Å². The zero-order valence-electron chi connectivity index (χ0n) is 9.09. The zero-order chi connectivity index (χ0) is 10.1. The van der Waals surface area contributed by atoms with E-state index in [9.17, 15) is 4.79 Å². The summed E-state index contributed by atoms with van der Waals surface area (Å²) in [5, 5.41) is 0. The van der Waals surface area contributed by atoms with E-state index in [0.717, 1.165) is 12.8 Å². The highest BCUT2D eigenvalue weighted by atomic mass is 16.6. The van der Waals surface area contributed by atoms with Gasteiger partial charge in [0.1, 0.15) is 5.60 Å². The molecule has 76 valence electrons. The molecule has 0 bridgehead atoms. The molecule has 1 rings (SSSR count). The predicted octanol–water partition coefficient (Wildman–Crippen LogP) is 2.42. The fourth-order valence-electron chi connectivity index (χ4n) is 1.87. The number of carbonyl (C=O) groups is 1. The Hall–Kier alpha value is -0.370. The maximum atomic E-state index is 11.9. The average Bonchev–Trinajstić information content (AvgIpc) is 2.82. The van der Waals surface area contributed by atoms with Crippen molar-refractivity contribution in [1.29, 1.82) is 0 Å². The Kier molecular flexibility index (Phi) is 3.12. The van der Waals surface area contributed by atoms with Crippen molar-refractivity contribution in [3.8, 4) is 0 Å². The second-order valence-corrected chi connectivity index (χ2v) is 4.53. The molecule has 2 atom stereocenters. The first-order chi connectivity index (χ1) is 6.02. The van der Waals surface area contributed by atoms with E-state index in [-0.39, 0.29) is 11.5 Å². The van der Waals surface area contributed by atoms with E-state index < -0.39 is 0 Å². The van der Waals surface area contributed by atoms with E-state index >= 15 is 0 Å². The lowest BCUT2D eigenvalue weighted by molar-refractivity contribution is -0.128. The lowest BCUT2D eigenvalue weighted by Gasteiger charge is -2.16. The molecule has 0 radical (unpaired) electrons. The Bertz CT molecular complexity index is 192. The Morgan fingerprint density at radius 1 is 1.46 bits per heavy atom. The molecule has 1 aliphatic rings. The number of hydrogen-bond acceptors (Lipinski definition) is 2. The Morgan fingerprint density at radius 2 is 2.00 bits per heavy atom. The molecule has 0 saturated carbocycles. The first kappa shape index (κ1) is 10.7. The lowest BCUT2D eigenvalue weighted by Crippen LogP contribution is -2.30. The van der Waals surface area contributed by atoms with E-state index in [1.807, 2.05) is 13.8 Å². The molecule has 1 aliphatic heterocycles. The zero-order valence-corrected chi connectivity index (χ0v) is 9.09. The molecule has 0 aromatic rings. The highest BCUT2D eigenvalue weighted by molar-refractivity contribution is 5.91. The van der Waals surface area contributed by atoms with Gasteiger partial charge in [-0.2, -0.15) is 0 Å². The molecular weight excluding hydrogens is 164 g/mol. The molecule has 2 nitrogen and oxygen atoms in total. The second kappa shape index (κ2) is 3.79. The second-order valence-electron chi connectivity index (χ2n) is 4.53. The fraction of sp³-hybridized carbons (Fsp3) is 0.909. The van der Waals surface area contributed by atoms with Crippen molar-refractivity contribution in [2.75, 3.05) is 6.61 Å². The highest BCUT2D eigenvalue weighted by Gasteiger charge is 2.51. The van der Waals surface area contributed by atoms with Gasteiger partial charge in [0.05, 0.1) is 6.61 Å². The van der Waals surface area contributed by atoms with Gasteiger partial charge in [0, 0.05) is 5.92 Å². The van der Waals surface area contributed by atoms with Gasteiger partial charge in [0.15, 0.2) is 5.78 Å². The topological polar surface area (TPSA) is 29.6 Å². The van der Waals surface area contributed by atoms with Crippen LogP contribution in [0.2, 0.25) is 0 Å². The number of ether oxygens (including phenoxy) is 1. The third kappa shape index (κ3) is 2.31. The summed E-state index contributed by atoms with van der Waals surface area (Å²) in [7, 11) is 0. The van der Waals surface area contributed by atoms with E-state index in [1.165, 1.54) is 0 Å². The van der Waals surface area contributed by atoms with Gasteiger partial charge in [-0.05, 0) is 18.8 Å². The van der Waals surface area contributed by atoms with Gasteiger partial charge in [-0.25, -0.2) is 0 Å². The van der Waals surface area contributed by atoms with Gasteiger partial charge in [-0.3, -0.25) is 4.79 Å². The summed E-state index contributed by atoms with van der Waals surface area (Å²) in [4.78, 5) is 11.9. The Morgan fingerprint density at radius 3 is 2.31 bits per heavy atom. The van der Waals surface area contributed by atoms with Crippen LogP contribution >= 0.6 is 0 Å². The summed E-state index contributed by atoms with van der Waals surface area (Å²) in [6.45, 7) is 8.98. The molecule has 0 spiro atoms. The van der Waals surface area contributed by atoms with Gasteiger partial charge in [-0.1, -0.05) is 27.7 Å². The van der Waals surface area contributed by atoms with E-state index in [0.29, 0.717) is 18.3 Å². The minimum Gasteiger partial charge on any atom is -0.361 e. The molecule has 2 unspecified atom stereocenters. The van der Waals surface area contributed by atoms with E-state index in [4.69, 9.17) is 4.74 Å². The SMILES string of the molecule is CCC1(C(=O)C(C)CC(C)C)CO1. The molecule has 13 heavy (non-hydrogen) atoms. The first-order valence-electron chi connectivity index (χ1n) is 5.20. The first-order valence-corrected chi connectivity index (χ1v) is 5.20. The molecule has 0 aromatic carbocycles. The third-order valence-corrected chi connectivity index (χ3v) is 2.79. The van der Waals surface area contributed by atoms with Crippen molar-refractivity contribution < 1.29 is 9.53 Å². The van der Waals surface area contributed by atoms with Crippen LogP contribution in [0.25, 0.3) is 0 Å². The van der Waals surface area contributed by atoms with Crippen LogP contribution in [0.3, 0.4) is 0 Å². The normalized spacial score (nSPS) is 29.0. The molecule has 0 aliphatic carbocycles. The summed E-state index contributed by atoms with van der Waals surface area (Å²) in [5.74, 6) is 1.05. The summed E-state index contributed by atoms with van der Waals surface area (Å²) < 4.78 is 5.26. The van der Waals surface area contributed by atoms with Crippen molar-refractivity contribution in [1.82, 2.24) is 0 Å². The van der Waals surface area contributed by atoms with Crippen LogP contribution in [-0.2, 0) is 9.53 Å². The third-order valence-electron chi connectivity index (χ3n) is 2.79. The standard InChI is InChI=1S/C11H20O2/c1-5-11(7-13-11)10(12)9(4)6-8(2)3/h8-9H,5-7H2,1-4H3. The van der Waals surface area contributed by atoms with Crippen LogP contribution in [0.15, 0.2) is 0 Å². The molecule has 2 heteroatoms. The van der Waals surface area contributed by atoms with Crippen molar-refractivity contribution in [3.05, 3.63) is 0 Å². The van der Waals surface area contributed by atoms with Crippen molar-refractivity contribution in [2.24, 2.45) is 11.8 Å². The maximum Gasteiger partial charge on any atom is 0.169 e. The minimum atomic E-state index is -0.381. The fourth-order valence-corrected chi connectivity index (χ4v) is 1.87. The quantitative estimate of drug-likeness (QED) is 0.614. The number of epoxide rings is 1. The van der Waals surface area contributed by atoms with Crippen LogP contribution in [0.1, 0.15) is 40.5 Å². The van der Waals surface area contributed by atoms with Crippen molar-refractivity contribution >= 4 is 5.78 Å². The van der Waals surface area contributed by atoms with Crippen molar-refractivity contribution in [3.63, 3.8) is 0 Å². The lowest BCUT2D eigenvalue weighted by atomic mass is 9.87. The predicted molar refractivity (Wildman–Crippen MR) is 52.6 cm³/mol. The van der Waals surface area contributed by atoms with Crippen LogP contribution in [0, 0.1) is 11.8 Å². The van der Waals surface area contributed by atoms with Crippen LogP contribution < -0.4 is 0 Å². The number of ketones is 1. The van der Waals surface area contributed by atoms with Crippen LogP contribution in [0.5, 0.6) is 0 Å². The smallest absolute Gasteiger partial charge is 0.169 e. The molecule has 1 fully saturated rings. The molecule has 1 heterocycles. The molecule has 1 saturated heterocycles. The van der Waals surface area contributed by atoms with Gasteiger partial charge in [-0.15, -0.1) is 0 Å². The average molecular weight is 184 g/mol. The van der Waals surface area contributed by atoms with Crippen LogP contribution in [0.4, 0.5) is 0 Å². The number of Topliss-reactive ketones (excluding diaryl/α,β-unsaturated/α-hetero) is 1. The summed E-state index contributed by atoms with van der Waals surface area (Å²) in [6, 6.07) is 0. The number of hydrogen-bond donors (Lipinski definition) is 0. The molecule has 0 aromatic heterocycles.